The van der Waals surface area contributed by atoms with Crippen LogP contribution >= 0.6 is 11.3 Å². The van der Waals surface area contributed by atoms with Crippen molar-refractivity contribution in [2.45, 2.75) is 25.7 Å². The van der Waals surface area contributed by atoms with Gasteiger partial charge < -0.3 is 5.11 Å². The van der Waals surface area contributed by atoms with Crippen molar-refractivity contribution >= 4 is 17.3 Å². The lowest BCUT2D eigenvalue weighted by atomic mass is 10.4. The fraction of sp³-hybridized carbons (Fsp3) is 0.500. The van der Waals surface area contributed by atoms with Gasteiger partial charge in [0.15, 0.2) is 0 Å². The van der Waals surface area contributed by atoms with Crippen LogP contribution in [0.1, 0.15) is 22.0 Å². The van der Waals surface area contributed by atoms with E-state index < -0.39 is 5.97 Å². The molecule has 0 atom stereocenters. The second-order valence-corrected chi connectivity index (χ2v) is 4.07. The number of carboxylic acid groups (broad SMARTS) is 1. The predicted octanol–water partition coefficient (Wildman–Crippen LogP) is 1.26. The van der Waals surface area contributed by atoms with Crippen LogP contribution < -0.4 is 0 Å². The average Bonchev–Trinajstić information content (AvgIpc) is 2.43. The van der Waals surface area contributed by atoms with E-state index in [-0.39, 0.29) is 6.42 Å². The smallest absolute Gasteiger partial charge is 0.310 e. The topological polar surface area (TPSA) is 50.2 Å². The summed E-state index contributed by atoms with van der Waals surface area (Å²) in [5.41, 5.74) is 1.14. The molecule has 0 bridgehead atoms. The van der Waals surface area contributed by atoms with Gasteiger partial charge >= 0.3 is 5.97 Å². The van der Waals surface area contributed by atoms with Gasteiger partial charge in [-0.3, -0.25) is 4.79 Å². The normalized spacial score (nSPS) is 14.7. The molecular formula is C8H9NO2S. The van der Waals surface area contributed by atoms with Crippen LogP contribution in [-0.4, -0.2) is 16.1 Å². The van der Waals surface area contributed by atoms with Gasteiger partial charge in [-0.2, -0.15) is 0 Å². The first kappa shape index (κ1) is 7.73. The number of thiazole rings is 1. The van der Waals surface area contributed by atoms with Gasteiger partial charge in [-0.05, 0) is 19.3 Å². The first-order chi connectivity index (χ1) is 5.75. The number of hydrogen-bond acceptors (Lipinski definition) is 3. The Morgan fingerprint density at radius 3 is 3.08 bits per heavy atom. The quantitative estimate of drug-likeness (QED) is 0.751. The van der Waals surface area contributed by atoms with Crippen molar-refractivity contribution < 1.29 is 9.90 Å². The third-order valence-corrected chi connectivity index (χ3v) is 3.10. The molecule has 1 N–H and O–H groups in total. The second-order valence-electron chi connectivity index (χ2n) is 2.90. The van der Waals surface area contributed by atoms with Gasteiger partial charge in [-0.15, -0.1) is 11.3 Å². The SMILES string of the molecule is O=C(O)Cc1nc2c(s1)CCC2. The minimum absolute atomic E-state index is 0.0810. The number of carboxylic acids is 1. The molecule has 12 heavy (non-hydrogen) atoms. The lowest BCUT2D eigenvalue weighted by Gasteiger charge is -1.88. The van der Waals surface area contributed by atoms with E-state index in [1.807, 2.05) is 0 Å². The van der Waals surface area contributed by atoms with E-state index in [2.05, 4.69) is 4.98 Å². The third kappa shape index (κ3) is 1.34. The monoisotopic (exact) mass is 183 g/mol. The standard InChI is InChI=1S/C8H9NO2S/c10-8(11)4-7-9-5-2-1-3-6(5)12-7/h1-4H2,(H,10,11). The molecule has 0 fully saturated rings. The number of rotatable bonds is 2. The largest absolute Gasteiger partial charge is 0.481 e. The first-order valence-electron chi connectivity index (χ1n) is 3.95. The summed E-state index contributed by atoms with van der Waals surface area (Å²) in [6.45, 7) is 0. The summed E-state index contributed by atoms with van der Waals surface area (Å²) >= 11 is 1.56. The molecule has 1 heterocycles. The summed E-state index contributed by atoms with van der Waals surface area (Å²) < 4.78 is 0. The summed E-state index contributed by atoms with van der Waals surface area (Å²) in [7, 11) is 0. The van der Waals surface area contributed by atoms with E-state index in [4.69, 9.17) is 5.11 Å². The highest BCUT2D eigenvalue weighted by Gasteiger charge is 2.17. The van der Waals surface area contributed by atoms with Gasteiger partial charge in [0.1, 0.15) is 5.01 Å². The molecule has 3 nitrogen and oxygen atoms in total. The number of carbonyl (C=O) groups is 1. The molecule has 0 saturated carbocycles. The Morgan fingerprint density at radius 2 is 2.42 bits per heavy atom. The summed E-state index contributed by atoms with van der Waals surface area (Å²) in [5.74, 6) is -0.789. The number of aromatic nitrogens is 1. The molecule has 1 aromatic heterocycles. The summed E-state index contributed by atoms with van der Waals surface area (Å²) in [4.78, 5) is 15.9. The molecule has 0 spiro atoms. The maximum atomic E-state index is 10.4. The molecule has 0 saturated heterocycles. The predicted molar refractivity (Wildman–Crippen MR) is 45.5 cm³/mol. The minimum Gasteiger partial charge on any atom is -0.481 e. The fourth-order valence-corrected chi connectivity index (χ4v) is 2.60. The van der Waals surface area contributed by atoms with E-state index in [1.165, 1.54) is 11.3 Å². The van der Waals surface area contributed by atoms with E-state index in [9.17, 15) is 4.79 Å². The lowest BCUT2D eigenvalue weighted by molar-refractivity contribution is -0.136. The Kier molecular flexibility index (Phi) is 1.84. The second kappa shape index (κ2) is 2.86. The van der Waals surface area contributed by atoms with Gasteiger partial charge in [0.2, 0.25) is 0 Å². The van der Waals surface area contributed by atoms with Crippen LogP contribution in [0.4, 0.5) is 0 Å². The zero-order chi connectivity index (χ0) is 8.55. The molecule has 1 aliphatic rings. The maximum absolute atomic E-state index is 10.4. The molecular weight excluding hydrogens is 174 g/mol. The van der Waals surface area contributed by atoms with Crippen molar-refractivity contribution in [2.75, 3.05) is 0 Å². The fourth-order valence-electron chi connectivity index (χ4n) is 1.45. The Hall–Kier alpha value is -0.900. The molecule has 1 aliphatic carbocycles. The zero-order valence-corrected chi connectivity index (χ0v) is 7.36. The summed E-state index contributed by atoms with van der Waals surface area (Å²) in [6.07, 6.45) is 3.39. The molecule has 0 aromatic carbocycles. The Balaban J connectivity index is 2.20. The van der Waals surface area contributed by atoms with E-state index in [0.29, 0.717) is 0 Å². The Morgan fingerprint density at radius 1 is 1.58 bits per heavy atom. The van der Waals surface area contributed by atoms with Crippen molar-refractivity contribution in [2.24, 2.45) is 0 Å². The van der Waals surface area contributed by atoms with Crippen LogP contribution in [0.3, 0.4) is 0 Å². The number of fused-ring (bicyclic) bond motifs is 1. The zero-order valence-electron chi connectivity index (χ0n) is 6.54. The van der Waals surface area contributed by atoms with E-state index in [0.717, 1.165) is 23.5 Å². The van der Waals surface area contributed by atoms with Gasteiger partial charge in [0, 0.05) is 4.88 Å². The molecule has 64 valence electrons. The maximum Gasteiger partial charge on any atom is 0.310 e. The third-order valence-electron chi connectivity index (χ3n) is 1.94. The molecule has 0 radical (unpaired) electrons. The number of nitrogens with zero attached hydrogens (tertiary/aromatic N) is 1. The van der Waals surface area contributed by atoms with Crippen LogP contribution in [0.15, 0.2) is 0 Å². The van der Waals surface area contributed by atoms with Crippen LogP contribution in [-0.2, 0) is 24.1 Å². The lowest BCUT2D eigenvalue weighted by Crippen LogP contribution is -1.99. The molecule has 4 heteroatoms. The number of aryl methyl sites for hydroxylation is 2. The number of aliphatic carboxylic acids is 1. The Labute approximate surface area is 74.1 Å². The first-order valence-corrected chi connectivity index (χ1v) is 4.76. The van der Waals surface area contributed by atoms with Crippen LogP contribution in [0, 0.1) is 0 Å². The van der Waals surface area contributed by atoms with Crippen molar-refractivity contribution in [3.8, 4) is 0 Å². The molecule has 2 rings (SSSR count). The van der Waals surface area contributed by atoms with Crippen LogP contribution in [0.5, 0.6) is 0 Å². The van der Waals surface area contributed by atoms with Crippen LogP contribution in [0.2, 0.25) is 0 Å². The van der Waals surface area contributed by atoms with Crippen molar-refractivity contribution in [3.05, 3.63) is 15.6 Å². The summed E-state index contributed by atoms with van der Waals surface area (Å²) in [5, 5.41) is 9.28. The van der Waals surface area contributed by atoms with Gasteiger partial charge in [0.25, 0.3) is 0 Å². The number of hydrogen-bond donors (Lipinski definition) is 1. The van der Waals surface area contributed by atoms with E-state index in [1.54, 1.807) is 11.3 Å². The highest BCUT2D eigenvalue weighted by molar-refractivity contribution is 7.11. The average molecular weight is 183 g/mol. The molecule has 0 amide bonds. The minimum atomic E-state index is -0.789. The molecule has 0 aliphatic heterocycles. The van der Waals surface area contributed by atoms with Gasteiger partial charge in [0.05, 0.1) is 12.1 Å². The van der Waals surface area contributed by atoms with Crippen LogP contribution in [0.25, 0.3) is 0 Å². The highest BCUT2D eigenvalue weighted by Crippen LogP contribution is 2.27. The molecule has 1 aromatic rings. The summed E-state index contributed by atoms with van der Waals surface area (Å²) in [6, 6.07) is 0. The van der Waals surface area contributed by atoms with Crippen molar-refractivity contribution in [1.82, 2.24) is 4.98 Å². The van der Waals surface area contributed by atoms with E-state index >= 15 is 0 Å². The Bertz CT molecular complexity index is 297. The van der Waals surface area contributed by atoms with Gasteiger partial charge in [-0.1, -0.05) is 0 Å². The van der Waals surface area contributed by atoms with Crippen molar-refractivity contribution in [1.29, 1.82) is 0 Å². The van der Waals surface area contributed by atoms with Crippen molar-refractivity contribution in [3.63, 3.8) is 0 Å². The molecule has 0 unspecified atom stereocenters. The highest BCUT2D eigenvalue weighted by atomic mass is 32.1. The van der Waals surface area contributed by atoms with Gasteiger partial charge in [-0.25, -0.2) is 4.98 Å².